The molecule has 0 aliphatic carbocycles. The lowest BCUT2D eigenvalue weighted by molar-refractivity contribution is -0.275. The van der Waals surface area contributed by atoms with E-state index in [1.807, 2.05) is 0 Å². The smallest absolute Gasteiger partial charge is 0.435 e. The molecule has 1 N–H and O–H groups in total. The van der Waals surface area contributed by atoms with Gasteiger partial charge in [0.15, 0.2) is 11.0 Å². The van der Waals surface area contributed by atoms with Gasteiger partial charge in [-0.3, -0.25) is 9.52 Å². The van der Waals surface area contributed by atoms with E-state index in [4.69, 9.17) is 32.8 Å². The lowest BCUT2D eigenvalue weighted by atomic mass is 9.86. The fourth-order valence-corrected chi connectivity index (χ4v) is 5.15. The van der Waals surface area contributed by atoms with E-state index in [-0.39, 0.29) is 26.9 Å². The summed E-state index contributed by atoms with van der Waals surface area (Å²) in [4.78, 5) is 18.1. The highest BCUT2D eigenvalue weighted by Gasteiger charge is 2.62. The largest absolute Gasteiger partial charge is 0.497 e. The van der Waals surface area contributed by atoms with Crippen LogP contribution >= 0.6 is 23.2 Å². The van der Waals surface area contributed by atoms with Crippen LogP contribution in [0, 0.1) is 6.92 Å². The van der Waals surface area contributed by atoms with Crippen LogP contribution in [0.3, 0.4) is 0 Å². The average Bonchev–Trinajstić information content (AvgIpc) is 3.30. The van der Waals surface area contributed by atoms with Crippen LogP contribution < -0.4 is 9.46 Å². The van der Waals surface area contributed by atoms with Crippen LogP contribution in [0.2, 0.25) is 10.0 Å². The molecule has 0 radical (unpaired) electrons. The number of hydrogen-bond donors (Lipinski definition) is 1. The molecule has 2 atom stereocenters. The molecule has 0 spiro atoms. The zero-order valence-electron chi connectivity index (χ0n) is 19.4. The lowest BCUT2D eigenvalue weighted by Crippen LogP contribution is -2.42. The predicted molar refractivity (Wildman–Crippen MR) is 134 cm³/mol. The Hall–Kier alpha value is -3.08. The average molecular weight is 571 g/mol. The third-order valence-electron chi connectivity index (χ3n) is 5.78. The Morgan fingerprint density at radius 2 is 1.73 bits per heavy atom. The number of rotatable bonds is 6. The highest BCUT2D eigenvalue weighted by Crippen LogP contribution is 2.49. The number of alkyl halides is 3. The van der Waals surface area contributed by atoms with E-state index in [0.717, 1.165) is 12.1 Å². The van der Waals surface area contributed by atoms with Gasteiger partial charge in [0.05, 0.1) is 17.7 Å². The number of nitrogens with one attached hydrogen (secondary N) is 1. The van der Waals surface area contributed by atoms with Crippen molar-refractivity contribution in [3.8, 4) is 5.75 Å². The Balaban J connectivity index is 1.55. The van der Waals surface area contributed by atoms with E-state index in [2.05, 4.69) is 9.88 Å². The molecule has 12 heteroatoms. The van der Waals surface area contributed by atoms with E-state index < -0.39 is 35.1 Å². The maximum atomic E-state index is 14.2. The van der Waals surface area contributed by atoms with Crippen molar-refractivity contribution >= 4 is 45.8 Å². The number of methoxy groups -OCH3 is 1. The summed E-state index contributed by atoms with van der Waals surface area (Å²) in [7, 11) is -0.331. The van der Waals surface area contributed by atoms with Gasteiger partial charge in [-0.15, -0.1) is 0 Å². The molecule has 1 aliphatic heterocycles. The van der Waals surface area contributed by atoms with E-state index in [1.54, 1.807) is 31.2 Å². The van der Waals surface area contributed by atoms with E-state index >= 15 is 0 Å². The maximum Gasteiger partial charge on any atom is 0.435 e. The molecule has 0 saturated carbocycles. The molecular formula is C25H19Cl2F3N2O4S. The van der Waals surface area contributed by atoms with Gasteiger partial charge < -0.3 is 9.57 Å². The van der Waals surface area contributed by atoms with Gasteiger partial charge in [0.1, 0.15) is 5.75 Å². The first-order valence-corrected chi connectivity index (χ1v) is 12.6. The summed E-state index contributed by atoms with van der Waals surface area (Å²) >= 11 is 11.9. The molecule has 0 aromatic heterocycles. The van der Waals surface area contributed by atoms with Crippen molar-refractivity contribution in [2.75, 3.05) is 7.11 Å². The van der Waals surface area contributed by atoms with Gasteiger partial charge in [0.25, 0.3) is 11.5 Å². The Morgan fingerprint density at radius 3 is 2.30 bits per heavy atom. The maximum absolute atomic E-state index is 14.2. The molecule has 1 aliphatic rings. The molecule has 37 heavy (non-hydrogen) atoms. The topological polar surface area (TPSA) is 77.0 Å². The van der Waals surface area contributed by atoms with Crippen molar-refractivity contribution < 1.29 is 31.7 Å². The number of amides is 1. The van der Waals surface area contributed by atoms with E-state index in [9.17, 15) is 22.2 Å². The number of ether oxygens (including phenoxy) is 1. The second-order valence-corrected chi connectivity index (χ2v) is 10.3. The molecule has 194 valence electrons. The second-order valence-electron chi connectivity index (χ2n) is 8.19. The van der Waals surface area contributed by atoms with Gasteiger partial charge in [-0.2, -0.15) is 13.2 Å². The molecule has 3 aromatic rings. The van der Waals surface area contributed by atoms with Gasteiger partial charge in [0, 0.05) is 27.6 Å². The third kappa shape index (κ3) is 5.46. The van der Waals surface area contributed by atoms with Gasteiger partial charge in [-0.05, 0) is 72.6 Å². The standard InChI is InChI=1S/C25H19Cl2F3N2O4S/c1-14-9-15(3-8-21(14)23(33)32-37(34)20-6-4-19(35-2)5-7-20)22-13-24(36-31-22,25(28,29)30)16-10-17(26)12-18(27)11-16/h3-12H,13H2,1-2H3,(H,32,33). The van der Waals surface area contributed by atoms with Crippen LogP contribution in [-0.2, 0) is 21.4 Å². The van der Waals surface area contributed by atoms with Crippen molar-refractivity contribution in [1.29, 1.82) is 0 Å². The Bertz CT molecular complexity index is 1390. The van der Waals surface area contributed by atoms with Crippen molar-refractivity contribution in [3.63, 3.8) is 0 Å². The quantitative estimate of drug-likeness (QED) is 0.375. The number of benzene rings is 3. The first-order valence-electron chi connectivity index (χ1n) is 10.7. The van der Waals surface area contributed by atoms with Gasteiger partial charge >= 0.3 is 6.18 Å². The molecule has 2 unspecified atom stereocenters. The molecule has 0 saturated heterocycles. The highest BCUT2D eigenvalue weighted by atomic mass is 35.5. The van der Waals surface area contributed by atoms with Crippen molar-refractivity contribution in [3.05, 3.63) is 93.0 Å². The van der Waals surface area contributed by atoms with Crippen LogP contribution in [0.4, 0.5) is 13.2 Å². The highest BCUT2D eigenvalue weighted by molar-refractivity contribution is 7.83. The van der Waals surface area contributed by atoms with Crippen LogP contribution in [0.5, 0.6) is 5.75 Å². The van der Waals surface area contributed by atoms with Crippen LogP contribution in [-0.4, -0.2) is 29.1 Å². The molecule has 0 fully saturated rings. The zero-order chi connectivity index (χ0) is 27.0. The van der Waals surface area contributed by atoms with E-state index in [1.165, 1.54) is 31.4 Å². The molecular weight excluding hydrogens is 552 g/mol. The zero-order valence-corrected chi connectivity index (χ0v) is 21.7. The van der Waals surface area contributed by atoms with E-state index in [0.29, 0.717) is 21.8 Å². The molecule has 1 amide bonds. The normalized spacial score (nSPS) is 18.1. The third-order valence-corrected chi connectivity index (χ3v) is 7.29. The minimum Gasteiger partial charge on any atom is -0.497 e. The molecule has 4 rings (SSSR count). The first-order chi connectivity index (χ1) is 17.4. The van der Waals surface area contributed by atoms with Crippen LogP contribution in [0.15, 0.2) is 70.7 Å². The van der Waals surface area contributed by atoms with Crippen LogP contribution in [0.1, 0.15) is 33.5 Å². The monoisotopic (exact) mass is 570 g/mol. The number of nitrogens with zero attached hydrogens (tertiary/aromatic N) is 1. The summed E-state index contributed by atoms with van der Waals surface area (Å²) in [6, 6.07) is 14.3. The van der Waals surface area contributed by atoms with Crippen LogP contribution in [0.25, 0.3) is 0 Å². The SMILES string of the molecule is COc1ccc(S(=O)NC(=O)c2ccc(C3=NOC(c4cc(Cl)cc(Cl)c4)(C(F)(F)F)C3)cc2C)cc1. The fourth-order valence-electron chi connectivity index (χ4n) is 3.84. The van der Waals surface area contributed by atoms with Crippen molar-refractivity contribution in [1.82, 2.24) is 4.72 Å². The number of aryl methyl sites for hydroxylation is 1. The molecule has 0 bridgehead atoms. The Labute approximate surface area is 222 Å². The van der Waals surface area contributed by atoms with Gasteiger partial charge in [-0.25, -0.2) is 4.21 Å². The molecule has 6 nitrogen and oxygen atoms in total. The summed E-state index contributed by atoms with van der Waals surface area (Å²) in [6.07, 6.45) is -5.45. The number of carbonyl (C=O) groups is 1. The number of halogens is 5. The Morgan fingerprint density at radius 1 is 1.08 bits per heavy atom. The predicted octanol–water partition coefficient (Wildman–Crippen LogP) is 6.35. The number of carbonyl (C=O) groups excluding carboxylic acids is 1. The fraction of sp³-hybridized carbons (Fsp3) is 0.200. The minimum absolute atomic E-state index is 0.0291. The summed E-state index contributed by atoms with van der Waals surface area (Å²) in [5.74, 6) is -0.0358. The van der Waals surface area contributed by atoms with Gasteiger partial charge in [-0.1, -0.05) is 34.4 Å². The summed E-state index contributed by atoms with van der Waals surface area (Å²) in [6.45, 7) is 1.61. The number of hydrogen-bond acceptors (Lipinski definition) is 5. The lowest BCUT2D eigenvalue weighted by Gasteiger charge is -2.29. The van der Waals surface area contributed by atoms with Gasteiger partial charge in [0.2, 0.25) is 0 Å². The molecule has 3 aromatic carbocycles. The summed E-state index contributed by atoms with van der Waals surface area (Å²) in [5.41, 5.74) is -2.02. The first kappa shape index (κ1) is 27.0. The number of oxime groups is 1. The summed E-state index contributed by atoms with van der Waals surface area (Å²) < 4.78 is 62.7. The van der Waals surface area contributed by atoms with Crippen molar-refractivity contribution in [2.45, 2.75) is 30.0 Å². The summed E-state index contributed by atoms with van der Waals surface area (Å²) in [5, 5.41) is 3.79. The van der Waals surface area contributed by atoms with Crippen molar-refractivity contribution in [2.24, 2.45) is 5.16 Å². The Kier molecular flexibility index (Phi) is 7.55. The minimum atomic E-state index is -4.83. The molecule has 1 heterocycles. The second kappa shape index (κ2) is 10.4.